The van der Waals surface area contributed by atoms with E-state index in [0.29, 0.717) is 10.8 Å². The summed E-state index contributed by atoms with van der Waals surface area (Å²) >= 11 is 0. The topological polar surface area (TPSA) is 40.5 Å². The fraction of sp³-hybridized carbons (Fsp3) is 0.852. The van der Waals surface area contributed by atoms with Crippen LogP contribution in [0.15, 0.2) is 11.6 Å². The van der Waals surface area contributed by atoms with Gasteiger partial charge >= 0.3 is 0 Å². The van der Waals surface area contributed by atoms with Crippen molar-refractivity contribution in [3.8, 4) is 12.3 Å². The molecule has 162 valence electrons. The van der Waals surface area contributed by atoms with Crippen molar-refractivity contribution < 1.29 is 10.2 Å². The maximum atomic E-state index is 10.6. The Hall–Kier alpha value is -0.780. The second kappa shape index (κ2) is 7.13. The zero-order chi connectivity index (χ0) is 21.1. The first-order valence-corrected chi connectivity index (χ1v) is 12.1. The Morgan fingerprint density at radius 3 is 2.62 bits per heavy atom. The second-order valence-electron chi connectivity index (χ2n) is 12.1. The first kappa shape index (κ1) is 21.5. The molecule has 2 heteroatoms. The van der Waals surface area contributed by atoms with E-state index in [4.69, 9.17) is 6.42 Å². The molecule has 4 aliphatic carbocycles. The standard InChI is InChI=1S/C27H42O2/c1-6-24(2,28)14-7-8-19-10-12-22-21-11-9-20-18-25(3,29)16-17-27(20,5)23(21)13-15-26(19,22)4/h1,9,19,21-23,28-29H,7-8,10-18H2,2-5H3/t19-,21-,22-,23-,24-,25-,26+,27-/m0/s1. The van der Waals surface area contributed by atoms with Gasteiger partial charge in [-0.05, 0) is 119 Å². The molecule has 2 N–H and O–H groups in total. The van der Waals surface area contributed by atoms with E-state index in [1.54, 1.807) is 12.5 Å². The molecule has 0 heterocycles. The van der Waals surface area contributed by atoms with Gasteiger partial charge in [0, 0.05) is 0 Å². The van der Waals surface area contributed by atoms with E-state index in [2.05, 4.69) is 25.8 Å². The van der Waals surface area contributed by atoms with Gasteiger partial charge in [-0.3, -0.25) is 0 Å². The zero-order valence-corrected chi connectivity index (χ0v) is 19.1. The van der Waals surface area contributed by atoms with E-state index < -0.39 is 11.2 Å². The van der Waals surface area contributed by atoms with Crippen molar-refractivity contribution in [2.75, 3.05) is 0 Å². The first-order valence-electron chi connectivity index (χ1n) is 12.1. The summed E-state index contributed by atoms with van der Waals surface area (Å²) in [5.74, 6) is 5.79. The predicted octanol–water partition coefficient (Wildman–Crippen LogP) is 5.87. The smallest absolute Gasteiger partial charge is 0.122 e. The van der Waals surface area contributed by atoms with Gasteiger partial charge in [0.2, 0.25) is 0 Å². The predicted molar refractivity (Wildman–Crippen MR) is 119 cm³/mol. The highest BCUT2D eigenvalue weighted by atomic mass is 16.3. The average molecular weight is 399 g/mol. The molecule has 3 saturated carbocycles. The lowest BCUT2D eigenvalue weighted by Crippen LogP contribution is -2.51. The molecule has 8 atom stereocenters. The summed E-state index contributed by atoms with van der Waals surface area (Å²) in [5.41, 5.74) is 0.892. The molecular weight excluding hydrogens is 356 g/mol. The average Bonchev–Trinajstić information content (AvgIpc) is 2.99. The zero-order valence-electron chi connectivity index (χ0n) is 19.1. The highest BCUT2D eigenvalue weighted by Gasteiger charge is 2.58. The molecule has 0 bridgehead atoms. The lowest BCUT2D eigenvalue weighted by atomic mass is 9.46. The van der Waals surface area contributed by atoms with Crippen LogP contribution < -0.4 is 0 Å². The minimum atomic E-state index is -0.947. The van der Waals surface area contributed by atoms with Crippen LogP contribution in [0.2, 0.25) is 0 Å². The fourth-order valence-corrected chi connectivity index (χ4v) is 8.15. The fourth-order valence-electron chi connectivity index (χ4n) is 8.15. The Balaban J connectivity index is 1.48. The maximum absolute atomic E-state index is 10.6. The monoisotopic (exact) mass is 398 g/mol. The highest BCUT2D eigenvalue weighted by molar-refractivity contribution is 5.26. The molecule has 0 aromatic heterocycles. The number of hydrogen-bond donors (Lipinski definition) is 2. The van der Waals surface area contributed by atoms with Gasteiger partial charge in [0.05, 0.1) is 5.60 Å². The van der Waals surface area contributed by atoms with Crippen LogP contribution in [0.25, 0.3) is 0 Å². The van der Waals surface area contributed by atoms with Gasteiger partial charge < -0.3 is 10.2 Å². The molecule has 0 unspecified atom stereocenters. The molecule has 0 aromatic carbocycles. The second-order valence-corrected chi connectivity index (χ2v) is 12.1. The minimum absolute atomic E-state index is 0.316. The Bertz CT molecular complexity index is 711. The maximum Gasteiger partial charge on any atom is 0.122 e. The van der Waals surface area contributed by atoms with Crippen LogP contribution in [0.1, 0.15) is 98.3 Å². The number of aliphatic hydroxyl groups is 2. The van der Waals surface area contributed by atoms with E-state index in [-0.39, 0.29) is 0 Å². The van der Waals surface area contributed by atoms with Gasteiger partial charge in [-0.2, -0.15) is 0 Å². The van der Waals surface area contributed by atoms with Crippen molar-refractivity contribution in [2.45, 2.75) is 110 Å². The third-order valence-electron chi connectivity index (χ3n) is 10.1. The van der Waals surface area contributed by atoms with Gasteiger partial charge in [-0.15, -0.1) is 6.42 Å². The van der Waals surface area contributed by atoms with Crippen LogP contribution in [0.3, 0.4) is 0 Å². The van der Waals surface area contributed by atoms with Crippen LogP contribution in [0.4, 0.5) is 0 Å². The van der Waals surface area contributed by atoms with E-state index >= 15 is 0 Å². The van der Waals surface area contributed by atoms with Crippen LogP contribution in [0.5, 0.6) is 0 Å². The first-order chi connectivity index (χ1) is 13.5. The van der Waals surface area contributed by atoms with E-state index in [1.807, 2.05) is 6.92 Å². The molecule has 29 heavy (non-hydrogen) atoms. The summed E-state index contributed by atoms with van der Waals surface area (Å²) in [5, 5.41) is 20.8. The summed E-state index contributed by atoms with van der Waals surface area (Å²) in [7, 11) is 0. The van der Waals surface area contributed by atoms with Crippen LogP contribution in [-0.4, -0.2) is 21.4 Å². The van der Waals surface area contributed by atoms with Crippen LogP contribution in [0, 0.1) is 46.8 Å². The number of allylic oxidation sites excluding steroid dienone is 1. The number of rotatable bonds is 4. The minimum Gasteiger partial charge on any atom is -0.390 e. The summed E-state index contributed by atoms with van der Waals surface area (Å²) in [6, 6.07) is 0. The van der Waals surface area contributed by atoms with Gasteiger partial charge in [0.25, 0.3) is 0 Å². The molecule has 0 saturated heterocycles. The van der Waals surface area contributed by atoms with E-state index in [0.717, 1.165) is 55.8 Å². The van der Waals surface area contributed by atoms with Gasteiger partial charge in [-0.1, -0.05) is 31.4 Å². The largest absolute Gasteiger partial charge is 0.390 e. The number of hydrogen-bond acceptors (Lipinski definition) is 2. The molecule has 0 radical (unpaired) electrons. The van der Waals surface area contributed by atoms with Crippen molar-refractivity contribution in [3.63, 3.8) is 0 Å². The summed E-state index contributed by atoms with van der Waals surface area (Å²) in [6.45, 7) is 8.89. The Labute approximate surface area is 178 Å². The molecular formula is C27H42O2. The van der Waals surface area contributed by atoms with Gasteiger partial charge in [0.15, 0.2) is 0 Å². The molecule has 4 rings (SSSR count). The molecule has 0 spiro atoms. The van der Waals surface area contributed by atoms with E-state index in [1.165, 1.54) is 38.5 Å². The third kappa shape index (κ3) is 3.61. The molecule has 0 aromatic rings. The Morgan fingerprint density at radius 2 is 1.90 bits per heavy atom. The Morgan fingerprint density at radius 1 is 1.14 bits per heavy atom. The normalized spacial score (nSPS) is 48.5. The summed E-state index contributed by atoms with van der Waals surface area (Å²) in [4.78, 5) is 0. The SMILES string of the molecule is C#C[C@](C)(O)CCC[C@H]1CC[C@H]2[C@@H]3CC=C4C[C@@](C)(O)CC[C@]4(C)[C@H]3CC[C@]12C. The van der Waals surface area contributed by atoms with E-state index in [9.17, 15) is 10.2 Å². The van der Waals surface area contributed by atoms with Crippen molar-refractivity contribution in [1.29, 1.82) is 0 Å². The van der Waals surface area contributed by atoms with Crippen molar-refractivity contribution in [1.82, 2.24) is 0 Å². The summed E-state index contributed by atoms with van der Waals surface area (Å²) < 4.78 is 0. The molecule has 3 fully saturated rings. The third-order valence-corrected chi connectivity index (χ3v) is 10.1. The molecule has 2 nitrogen and oxygen atoms in total. The molecule has 0 amide bonds. The quantitative estimate of drug-likeness (QED) is 0.459. The van der Waals surface area contributed by atoms with Gasteiger partial charge in [0.1, 0.15) is 5.60 Å². The lowest BCUT2D eigenvalue weighted by molar-refractivity contribution is -0.0663. The Kier molecular flexibility index (Phi) is 5.28. The van der Waals surface area contributed by atoms with Gasteiger partial charge in [-0.25, -0.2) is 0 Å². The number of fused-ring (bicyclic) bond motifs is 5. The highest BCUT2D eigenvalue weighted by Crippen LogP contribution is 2.67. The lowest BCUT2D eigenvalue weighted by Gasteiger charge is -2.59. The summed E-state index contributed by atoms with van der Waals surface area (Å²) in [6.07, 6.45) is 20.6. The molecule has 0 aliphatic heterocycles. The number of terminal acetylenes is 1. The van der Waals surface area contributed by atoms with Crippen LogP contribution >= 0.6 is 0 Å². The van der Waals surface area contributed by atoms with Crippen LogP contribution in [-0.2, 0) is 0 Å². The van der Waals surface area contributed by atoms with Crippen molar-refractivity contribution in [2.24, 2.45) is 34.5 Å². The van der Waals surface area contributed by atoms with Crippen molar-refractivity contribution >= 4 is 0 Å². The van der Waals surface area contributed by atoms with Crippen molar-refractivity contribution in [3.05, 3.63) is 11.6 Å². The molecule has 4 aliphatic rings.